The summed E-state index contributed by atoms with van der Waals surface area (Å²) in [7, 11) is 0. The van der Waals surface area contributed by atoms with Gasteiger partial charge in [-0.1, -0.05) is 12.1 Å². The van der Waals surface area contributed by atoms with Crippen LogP contribution in [0.1, 0.15) is 18.5 Å². The Bertz CT molecular complexity index is 551. The summed E-state index contributed by atoms with van der Waals surface area (Å²) < 4.78 is 5.55. The van der Waals surface area contributed by atoms with Crippen LogP contribution in [-0.4, -0.2) is 11.8 Å². The molecule has 3 nitrogen and oxygen atoms in total. The summed E-state index contributed by atoms with van der Waals surface area (Å²) >= 11 is 0. The van der Waals surface area contributed by atoms with E-state index in [2.05, 4.69) is 12.2 Å². The summed E-state index contributed by atoms with van der Waals surface area (Å²) in [6, 6.07) is 9.68. The Morgan fingerprint density at radius 2 is 2.12 bits per heavy atom. The molecule has 16 heavy (non-hydrogen) atoms. The van der Waals surface area contributed by atoms with Crippen LogP contribution in [0.4, 0.5) is 0 Å². The third-order valence-corrected chi connectivity index (χ3v) is 3.06. The number of aromatic hydroxyl groups is 1. The van der Waals surface area contributed by atoms with Crippen LogP contribution in [0.15, 0.2) is 30.3 Å². The zero-order chi connectivity index (χ0) is 11.1. The molecule has 3 heteroatoms. The second-order valence-electron chi connectivity index (χ2n) is 4.10. The van der Waals surface area contributed by atoms with Crippen molar-refractivity contribution in [1.29, 1.82) is 0 Å². The van der Waals surface area contributed by atoms with E-state index in [1.54, 1.807) is 12.1 Å². The van der Waals surface area contributed by atoms with Crippen molar-refractivity contribution in [2.75, 3.05) is 6.73 Å². The molecule has 0 aromatic heterocycles. The van der Waals surface area contributed by atoms with Gasteiger partial charge in [0.1, 0.15) is 18.2 Å². The second kappa shape index (κ2) is 3.39. The Kier molecular flexibility index (Phi) is 2.01. The van der Waals surface area contributed by atoms with E-state index in [9.17, 15) is 5.11 Å². The fraction of sp³-hybridized carbons (Fsp3) is 0.231. The first-order chi connectivity index (χ1) is 7.75. The molecule has 2 aromatic rings. The van der Waals surface area contributed by atoms with Crippen LogP contribution < -0.4 is 10.1 Å². The largest absolute Gasteiger partial charge is 0.508 e. The predicted octanol–water partition coefficient (Wildman–Crippen LogP) is 2.55. The van der Waals surface area contributed by atoms with Crippen molar-refractivity contribution in [3.63, 3.8) is 0 Å². The topological polar surface area (TPSA) is 41.5 Å². The molecule has 0 saturated heterocycles. The number of hydrogen-bond acceptors (Lipinski definition) is 3. The van der Waals surface area contributed by atoms with E-state index in [0.717, 1.165) is 22.1 Å². The zero-order valence-corrected chi connectivity index (χ0v) is 9.03. The minimum absolute atomic E-state index is 0.245. The molecule has 1 atom stereocenters. The lowest BCUT2D eigenvalue weighted by molar-refractivity contribution is 0.238. The molecule has 0 aliphatic carbocycles. The lowest BCUT2D eigenvalue weighted by atomic mass is 9.97. The highest BCUT2D eigenvalue weighted by Gasteiger charge is 2.19. The van der Waals surface area contributed by atoms with Gasteiger partial charge in [0.25, 0.3) is 0 Å². The standard InChI is InChI=1S/C13H13NO2/c1-8-13-11-6-10(15)4-2-9(11)3-5-12(13)16-7-14-8/h2-6,8,14-15H,7H2,1H3/t8-/m1/s1. The molecule has 1 heterocycles. The van der Waals surface area contributed by atoms with Gasteiger partial charge < -0.3 is 9.84 Å². The van der Waals surface area contributed by atoms with Crippen molar-refractivity contribution in [2.45, 2.75) is 13.0 Å². The van der Waals surface area contributed by atoms with E-state index in [1.807, 2.05) is 18.2 Å². The van der Waals surface area contributed by atoms with Gasteiger partial charge in [-0.15, -0.1) is 0 Å². The summed E-state index contributed by atoms with van der Waals surface area (Å²) in [5.74, 6) is 1.20. The Hall–Kier alpha value is -1.74. The van der Waals surface area contributed by atoms with Crippen molar-refractivity contribution in [3.05, 3.63) is 35.9 Å². The monoisotopic (exact) mass is 215 g/mol. The molecule has 0 bridgehead atoms. The number of fused-ring (bicyclic) bond motifs is 3. The minimum Gasteiger partial charge on any atom is -0.508 e. The Morgan fingerprint density at radius 1 is 1.31 bits per heavy atom. The third kappa shape index (κ3) is 1.32. The van der Waals surface area contributed by atoms with E-state index in [1.165, 1.54) is 0 Å². The highest BCUT2D eigenvalue weighted by atomic mass is 16.5. The zero-order valence-electron chi connectivity index (χ0n) is 9.03. The fourth-order valence-corrected chi connectivity index (χ4v) is 2.23. The van der Waals surface area contributed by atoms with Crippen molar-refractivity contribution in [3.8, 4) is 11.5 Å². The summed E-state index contributed by atoms with van der Waals surface area (Å²) in [6.07, 6.45) is 0. The maximum Gasteiger partial charge on any atom is 0.140 e. The van der Waals surface area contributed by atoms with Crippen molar-refractivity contribution in [2.24, 2.45) is 0 Å². The number of benzene rings is 2. The number of rotatable bonds is 0. The quantitative estimate of drug-likeness (QED) is 0.709. The third-order valence-electron chi connectivity index (χ3n) is 3.06. The van der Waals surface area contributed by atoms with Gasteiger partial charge in [0.15, 0.2) is 0 Å². The maximum absolute atomic E-state index is 9.56. The number of phenols is 1. The molecule has 1 aliphatic heterocycles. The van der Waals surface area contributed by atoms with E-state index >= 15 is 0 Å². The number of hydrogen-bond donors (Lipinski definition) is 2. The second-order valence-corrected chi connectivity index (χ2v) is 4.10. The molecule has 0 fully saturated rings. The average Bonchev–Trinajstić information content (AvgIpc) is 2.28. The van der Waals surface area contributed by atoms with Gasteiger partial charge in [-0.3, -0.25) is 5.32 Å². The first-order valence-corrected chi connectivity index (χ1v) is 5.37. The van der Waals surface area contributed by atoms with E-state index < -0.39 is 0 Å². The summed E-state index contributed by atoms with van der Waals surface area (Å²) in [4.78, 5) is 0. The van der Waals surface area contributed by atoms with Crippen LogP contribution in [-0.2, 0) is 0 Å². The van der Waals surface area contributed by atoms with Crippen LogP contribution in [0.3, 0.4) is 0 Å². The molecule has 1 aliphatic rings. The molecule has 0 unspecified atom stereocenters. The normalized spacial score (nSPS) is 19.2. The predicted molar refractivity (Wildman–Crippen MR) is 62.7 cm³/mol. The van der Waals surface area contributed by atoms with E-state index in [0.29, 0.717) is 12.5 Å². The van der Waals surface area contributed by atoms with E-state index in [4.69, 9.17) is 4.74 Å². The number of phenolic OH excluding ortho intramolecular Hbond substituents is 1. The van der Waals surface area contributed by atoms with Gasteiger partial charge in [-0.05, 0) is 35.9 Å². The van der Waals surface area contributed by atoms with Gasteiger partial charge in [0, 0.05) is 11.6 Å². The summed E-state index contributed by atoms with van der Waals surface area (Å²) in [6.45, 7) is 2.64. The molecule has 82 valence electrons. The van der Waals surface area contributed by atoms with Crippen molar-refractivity contribution >= 4 is 10.8 Å². The number of nitrogens with one attached hydrogen (secondary N) is 1. The molecule has 2 N–H and O–H groups in total. The van der Waals surface area contributed by atoms with Crippen LogP contribution in [0, 0.1) is 0 Å². The van der Waals surface area contributed by atoms with Gasteiger partial charge in [-0.25, -0.2) is 0 Å². The molecule has 2 aromatic carbocycles. The molecular formula is C13H13NO2. The Labute approximate surface area is 93.7 Å². The molecular weight excluding hydrogens is 202 g/mol. The molecule has 0 saturated carbocycles. The van der Waals surface area contributed by atoms with E-state index in [-0.39, 0.29) is 6.04 Å². The Balaban J connectivity index is 2.36. The Morgan fingerprint density at radius 3 is 3.00 bits per heavy atom. The first-order valence-electron chi connectivity index (χ1n) is 5.37. The molecule has 0 spiro atoms. The fourth-order valence-electron chi connectivity index (χ4n) is 2.23. The molecule has 3 rings (SSSR count). The van der Waals surface area contributed by atoms with Crippen molar-refractivity contribution in [1.82, 2.24) is 5.32 Å². The van der Waals surface area contributed by atoms with Crippen molar-refractivity contribution < 1.29 is 9.84 Å². The SMILES string of the molecule is C[C@H]1NCOc2ccc3ccc(O)cc3c21. The van der Waals surface area contributed by atoms with Crippen LogP contribution in [0.25, 0.3) is 10.8 Å². The van der Waals surface area contributed by atoms with Gasteiger partial charge in [0.2, 0.25) is 0 Å². The van der Waals surface area contributed by atoms with Crippen LogP contribution >= 0.6 is 0 Å². The highest BCUT2D eigenvalue weighted by Crippen LogP contribution is 2.36. The maximum atomic E-state index is 9.56. The summed E-state index contributed by atoms with van der Waals surface area (Å²) in [5, 5.41) is 15.0. The smallest absolute Gasteiger partial charge is 0.140 e. The number of ether oxygens (including phenoxy) is 1. The highest BCUT2D eigenvalue weighted by molar-refractivity contribution is 5.89. The summed E-state index contributed by atoms with van der Waals surface area (Å²) in [5.41, 5.74) is 1.12. The van der Waals surface area contributed by atoms with Gasteiger partial charge >= 0.3 is 0 Å². The molecule has 0 radical (unpaired) electrons. The van der Waals surface area contributed by atoms with Gasteiger partial charge in [0.05, 0.1) is 0 Å². The minimum atomic E-state index is 0.245. The van der Waals surface area contributed by atoms with Crippen LogP contribution in [0.2, 0.25) is 0 Å². The van der Waals surface area contributed by atoms with Crippen LogP contribution in [0.5, 0.6) is 11.5 Å². The first kappa shape index (κ1) is 9.48. The average molecular weight is 215 g/mol. The lowest BCUT2D eigenvalue weighted by Gasteiger charge is -2.25. The molecule has 0 amide bonds. The van der Waals surface area contributed by atoms with Gasteiger partial charge in [-0.2, -0.15) is 0 Å². The lowest BCUT2D eigenvalue weighted by Crippen LogP contribution is -2.29.